The molecule has 29 heavy (non-hydrogen) atoms. The van der Waals surface area contributed by atoms with Crippen molar-refractivity contribution in [3.05, 3.63) is 59.7 Å². The van der Waals surface area contributed by atoms with E-state index in [1.807, 2.05) is 6.92 Å². The topological polar surface area (TPSA) is 26.3 Å². The van der Waals surface area contributed by atoms with Gasteiger partial charge in [0.05, 0.1) is 0 Å². The van der Waals surface area contributed by atoms with Crippen LogP contribution in [0.2, 0.25) is 0 Å². The summed E-state index contributed by atoms with van der Waals surface area (Å²) >= 11 is 0. The summed E-state index contributed by atoms with van der Waals surface area (Å²) in [5.74, 6) is 0.262. The van der Waals surface area contributed by atoms with Crippen molar-refractivity contribution >= 4 is 5.97 Å². The summed E-state index contributed by atoms with van der Waals surface area (Å²) in [6, 6.07) is 17.3. The van der Waals surface area contributed by atoms with Gasteiger partial charge in [0.1, 0.15) is 6.10 Å². The first-order chi connectivity index (χ1) is 14.0. The fourth-order valence-corrected chi connectivity index (χ4v) is 3.49. The number of unbranched alkanes of at least 4 members (excludes halogenated alkanes) is 4. The second kappa shape index (κ2) is 12.5. The third kappa shape index (κ3) is 8.04. The molecule has 2 atom stereocenters. The molecule has 0 heterocycles. The maximum atomic E-state index is 12.0. The average Bonchev–Trinajstić information content (AvgIpc) is 2.74. The number of hydrogen-bond donors (Lipinski definition) is 0. The van der Waals surface area contributed by atoms with E-state index < -0.39 is 0 Å². The van der Waals surface area contributed by atoms with Gasteiger partial charge in [0, 0.05) is 6.42 Å². The molecule has 0 saturated heterocycles. The van der Waals surface area contributed by atoms with Crippen molar-refractivity contribution in [2.45, 2.75) is 85.2 Å². The van der Waals surface area contributed by atoms with Crippen molar-refractivity contribution in [2.24, 2.45) is 5.92 Å². The van der Waals surface area contributed by atoms with Crippen molar-refractivity contribution in [1.82, 2.24) is 0 Å². The number of carbonyl (C=O) groups excluding carboxylic acids is 1. The van der Waals surface area contributed by atoms with E-state index in [0.29, 0.717) is 12.3 Å². The van der Waals surface area contributed by atoms with E-state index in [1.54, 1.807) is 0 Å². The molecule has 0 radical (unpaired) electrons. The lowest BCUT2D eigenvalue weighted by Gasteiger charge is -2.16. The lowest BCUT2D eigenvalue weighted by atomic mass is 9.99. The summed E-state index contributed by atoms with van der Waals surface area (Å²) < 4.78 is 5.59. The van der Waals surface area contributed by atoms with Crippen LogP contribution in [0.3, 0.4) is 0 Å². The number of hydrogen-bond acceptors (Lipinski definition) is 2. The molecule has 0 saturated carbocycles. The minimum Gasteiger partial charge on any atom is -0.458 e. The van der Waals surface area contributed by atoms with Gasteiger partial charge in [-0.2, -0.15) is 0 Å². The molecule has 0 aliphatic rings. The zero-order valence-electron chi connectivity index (χ0n) is 18.7. The molecular formula is C27H38O2. The van der Waals surface area contributed by atoms with E-state index in [9.17, 15) is 4.79 Å². The van der Waals surface area contributed by atoms with Gasteiger partial charge in [-0.05, 0) is 47.9 Å². The largest absolute Gasteiger partial charge is 0.458 e. The monoisotopic (exact) mass is 394 g/mol. The first-order valence-corrected chi connectivity index (χ1v) is 11.4. The van der Waals surface area contributed by atoms with Crippen molar-refractivity contribution in [3.63, 3.8) is 0 Å². The molecular weight excluding hydrogens is 356 g/mol. The van der Waals surface area contributed by atoms with E-state index in [-0.39, 0.29) is 12.1 Å². The molecule has 0 spiro atoms. The molecule has 2 unspecified atom stereocenters. The molecule has 0 aliphatic heterocycles. The predicted octanol–water partition coefficient (Wildman–Crippen LogP) is 7.91. The minimum atomic E-state index is -0.212. The molecule has 2 rings (SSSR count). The summed E-state index contributed by atoms with van der Waals surface area (Å²) in [6.45, 7) is 8.38. The lowest BCUT2D eigenvalue weighted by molar-refractivity contribution is -0.149. The Hall–Kier alpha value is -2.09. The van der Waals surface area contributed by atoms with E-state index in [4.69, 9.17) is 4.74 Å². The van der Waals surface area contributed by atoms with Crippen molar-refractivity contribution in [1.29, 1.82) is 0 Å². The second-order valence-electron chi connectivity index (χ2n) is 8.33. The number of carbonyl (C=O) groups is 1. The molecule has 0 aromatic heterocycles. The molecule has 2 nitrogen and oxygen atoms in total. The average molecular weight is 395 g/mol. The van der Waals surface area contributed by atoms with Gasteiger partial charge in [0.25, 0.3) is 0 Å². The number of aryl methyl sites for hydroxylation is 1. The van der Waals surface area contributed by atoms with Crippen molar-refractivity contribution in [3.8, 4) is 11.1 Å². The molecule has 2 aromatic rings. The number of ether oxygens (including phenoxy) is 1. The van der Waals surface area contributed by atoms with E-state index in [2.05, 4.69) is 69.3 Å². The molecule has 0 fully saturated rings. The summed E-state index contributed by atoms with van der Waals surface area (Å²) in [6.07, 6.45) is 9.06. The van der Waals surface area contributed by atoms with Crippen LogP contribution in [0.25, 0.3) is 11.1 Å². The normalized spacial score (nSPS) is 13.1. The first-order valence-electron chi connectivity index (χ1n) is 11.4. The Labute approximate surface area is 177 Å². The third-order valence-electron chi connectivity index (χ3n) is 5.76. The Morgan fingerprint density at radius 2 is 1.41 bits per heavy atom. The van der Waals surface area contributed by atoms with Gasteiger partial charge < -0.3 is 4.74 Å². The second-order valence-corrected chi connectivity index (χ2v) is 8.33. The standard InChI is InChI=1S/C27H38O2/c1-5-7-8-9-10-11-23-12-14-25(15-13-23)26-18-16-24(17-19-26)22(4)29-27(28)20-21(3)6-2/h12-19,21-22H,5-11,20H2,1-4H3. The highest BCUT2D eigenvalue weighted by Gasteiger charge is 2.14. The van der Waals surface area contributed by atoms with Gasteiger partial charge in [0.2, 0.25) is 0 Å². The molecule has 0 aliphatic carbocycles. The number of rotatable bonds is 12. The van der Waals surface area contributed by atoms with Crippen LogP contribution in [0, 0.1) is 5.92 Å². The Bertz CT molecular complexity index is 715. The van der Waals surface area contributed by atoms with Gasteiger partial charge in [-0.15, -0.1) is 0 Å². The van der Waals surface area contributed by atoms with Gasteiger partial charge >= 0.3 is 5.97 Å². The van der Waals surface area contributed by atoms with Gasteiger partial charge in [0.15, 0.2) is 0 Å². The van der Waals surface area contributed by atoms with E-state index >= 15 is 0 Å². The van der Waals surface area contributed by atoms with Crippen molar-refractivity contribution in [2.75, 3.05) is 0 Å². The number of esters is 1. The summed E-state index contributed by atoms with van der Waals surface area (Å²) in [4.78, 5) is 12.0. The first kappa shape index (κ1) is 23.2. The van der Waals surface area contributed by atoms with Crippen LogP contribution in [-0.2, 0) is 16.0 Å². The highest BCUT2D eigenvalue weighted by atomic mass is 16.5. The van der Waals surface area contributed by atoms with Crippen molar-refractivity contribution < 1.29 is 9.53 Å². The molecule has 0 N–H and O–H groups in total. The van der Waals surface area contributed by atoms with Crippen LogP contribution in [0.5, 0.6) is 0 Å². The van der Waals surface area contributed by atoms with E-state index in [0.717, 1.165) is 12.0 Å². The minimum absolute atomic E-state index is 0.110. The predicted molar refractivity (Wildman–Crippen MR) is 123 cm³/mol. The summed E-state index contributed by atoms with van der Waals surface area (Å²) in [5.41, 5.74) is 4.88. The number of benzene rings is 2. The molecule has 0 bridgehead atoms. The Kier molecular flexibility index (Phi) is 9.97. The van der Waals surface area contributed by atoms with Gasteiger partial charge in [-0.3, -0.25) is 4.79 Å². The summed E-state index contributed by atoms with van der Waals surface area (Å²) in [7, 11) is 0. The third-order valence-corrected chi connectivity index (χ3v) is 5.76. The molecule has 2 heteroatoms. The highest BCUT2D eigenvalue weighted by Crippen LogP contribution is 2.25. The highest BCUT2D eigenvalue weighted by molar-refractivity contribution is 5.70. The fraction of sp³-hybridized carbons (Fsp3) is 0.519. The zero-order valence-corrected chi connectivity index (χ0v) is 18.7. The Morgan fingerprint density at radius 3 is 2.00 bits per heavy atom. The quantitative estimate of drug-likeness (QED) is 0.270. The van der Waals surface area contributed by atoms with Crippen LogP contribution >= 0.6 is 0 Å². The van der Waals surface area contributed by atoms with Crippen LogP contribution in [0.15, 0.2) is 48.5 Å². The SMILES string of the molecule is CCCCCCCc1ccc(-c2ccc(C(C)OC(=O)CC(C)CC)cc2)cc1. The van der Waals surface area contributed by atoms with Crippen LogP contribution in [-0.4, -0.2) is 5.97 Å². The maximum absolute atomic E-state index is 12.0. The molecule has 0 amide bonds. The summed E-state index contributed by atoms with van der Waals surface area (Å²) in [5, 5.41) is 0. The van der Waals surface area contributed by atoms with Crippen LogP contribution < -0.4 is 0 Å². The Morgan fingerprint density at radius 1 is 0.828 bits per heavy atom. The maximum Gasteiger partial charge on any atom is 0.306 e. The van der Waals surface area contributed by atoms with Gasteiger partial charge in [-0.25, -0.2) is 0 Å². The molecule has 2 aromatic carbocycles. The van der Waals surface area contributed by atoms with Crippen LogP contribution in [0.4, 0.5) is 0 Å². The Balaban J connectivity index is 1.88. The smallest absolute Gasteiger partial charge is 0.306 e. The fourth-order valence-electron chi connectivity index (χ4n) is 3.49. The zero-order chi connectivity index (χ0) is 21.1. The van der Waals surface area contributed by atoms with E-state index in [1.165, 1.54) is 55.2 Å². The van der Waals surface area contributed by atoms with Gasteiger partial charge in [-0.1, -0.05) is 101 Å². The lowest BCUT2D eigenvalue weighted by Crippen LogP contribution is -2.12. The molecule has 158 valence electrons. The van der Waals surface area contributed by atoms with Crippen LogP contribution in [0.1, 0.15) is 89.9 Å².